The van der Waals surface area contributed by atoms with E-state index in [1.165, 1.54) is 6.42 Å². The van der Waals surface area contributed by atoms with E-state index in [0.717, 1.165) is 25.7 Å². The molecule has 4 heteroatoms. The highest BCUT2D eigenvalue weighted by Gasteiger charge is 2.27. The summed E-state index contributed by atoms with van der Waals surface area (Å²) in [5.74, 6) is 0.568. The van der Waals surface area contributed by atoms with Crippen molar-refractivity contribution < 1.29 is 4.79 Å². The molecule has 0 aromatic heterocycles. The van der Waals surface area contributed by atoms with E-state index in [2.05, 4.69) is 26.1 Å². The largest absolute Gasteiger partial charge is 0.351 e. The summed E-state index contributed by atoms with van der Waals surface area (Å²) < 4.78 is 0. The highest BCUT2D eigenvalue weighted by molar-refractivity contribution is 5.85. The number of halogens is 1. The van der Waals surface area contributed by atoms with Crippen LogP contribution in [0.4, 0.5) is 0 Å². The van der Waals surface area contributed by atoms with Crippen LogP contribution in [0.1, 0.15) is 59.3 Å². The molecule has 0 saturated heterocycles. The minimum Gasteiger partial charge on any atom is -0.351 e. The van der Waals surface area contributed by atoms with Crippen molar-refractivity contribution in [1.29, 1.82) is 0 Å². The van der Waals surface area contributed by atoms with Crippen molar-refractivity contribution in [3.8, 4) is 0 Å². The van der Waals surface area contributed by atoms with Gasteiger partial charge in [0.1, 0.15) is 0 Å². The number of nitrogens with one attached hydrogen (secondary N) is 1. The maximum atomic E-state index is 11.9. The molecule has 17 heavy (non-hydrogen) atoms. The van der Waals surface area contributed by atoms with Gasteiger partial charge in [0.2, 0.25) is 5.91 Å². The van der Waals surface area contributed by atoms with Gasteiger partial charge in [0.05, 0.1) is 0 Å². The van der Waals surface area contributed by atoms with E-state index in [4.69, 9.17) is 5.73 Å². The first-order valence-corrected chi connectivity index (χ1v) is 6.51. The normalized spacial score (nSPS) is 24.2. The van der Waals surface area contributed by atoms with Crippen LogP contribution in [0, 0.1) is 5.92 Å². The highest BCUT2D eigenvalue weighted by Crippen LogP contribution is 2.27. The lowest BCUT2D eigenvalue weighted by molar-refractivity contribution is -0.123. The maximum Gasteiger partial charge on any atom is 0.220 e. The van der Waals surface area contributed by atoms with Gasteiger partial charge in [0.25, 0.3) is 0 Å². The van der Waals surface area contributed by atoms with Gasteiger partial charge in [-0.2, -0.15) is 0 Å². The fourth-order valence-corrected chi connectivity index (χ4v) is 2.67. The van der Waals surface area contributed by atoms with Crippen molar-refractivity contribution in [1.82, 2.24) is 5.32 Å². The van der Waals surface area contributed by atoms with Crippen molar-refractivity contribution in [3.63, 3.8) is 0 Å². The molecule has 0 aliphatic heterocycles. The van der Waals surface area contributed by atoms with Crippen molar-refractivity contribution in [3.05, 3.63) is 0 Å². The Labute approximate surface area is 111 Å². The molecule has 1 amide bonds. The van der Waals surface area contributed by atoms with E-state index in [0.29, 0.717) is 12.3 Å². The van der Waals surface area contributed by atoms with Gasteiger partial charge in [-0.05, 0) is 39.0 Å². The third-order valence-electron chi connectivity index (χ3n) is 3.52. The zero-order valence-corrected chi connectivity index (χ0v) is 12.1. The Kier molecular flexibility index (Phi) is 7.10. The standard InChI is InChI=1S/C13H26N2O.ClH/c1-4-8-13(2,3)15-12(16)9-10-6-5-7-11(10)14;/h10-11H,4-9,14H2,1-3H3,(H,15,16);1H/t10-,11+;/m0./s1. The zero-order valence-electron chi connectivity index (χ0n) is 11.3. The maximum absolute atomic E-state index is 11.9. The van der Waals surface area contributed by atoms with Crippen LogP contribution in [0.15, 0.2) is 0 Å². The molecule has 102 valence electrons. The minimum absolute atomic E-state index is 0. The van der Waals surface area contributed by atoms with E-state index in [1.54, 1.807) is 0 Å². The number of carbonyl (C=O) groups is 1. The van der Waals surface area contributed by atoms with Crippen molar-refractivity contribution >= 4 is 18.3 Å². The summed E-state index contributed by atoms with van der Waals surface area (Å²) >= 11 is 0. The molecule has 1 aliphatic carbocycles. The van der Waals surface area contributed by atoms with E-state index in [9.17, 15) is 4.79 Å². The number of hydrogen-bond acceptors (Lipinski definition) is 2. The van der Waals surface area contributed by atoms with Crippen LogP contribution in [-0.4, -0.2) is 17.5 Å². The summed E-state index contributed by atoms with van der Waals surface area (Å²) in [4.78, 5) is 11.9. The van der Waals surface area contributed by atoms with Gasteiger partial charge in [-0.3, -0.25) is 4.79 Å². The molecule has 0 spiro atoms. The van der Waals surface area contributed by atoms with Gasteiger partial charge in [0.15, 0.2) is 0 Å². The molecular formula is C13H27ClN2O. The van der Waals surface area contributed by atoms with Gasteiger partial charge >= 0.3 is 0 Å². The Morgan fingerprint density at radius 1 is 1.41 bits per heavy atom. The number of nitrogens with two attached hydrogens (primary N) is 1. The Morgan fingerprint density at radius 2 is 2.06 bits per heavy atom. The first-order valence-electron chi connectivity index (χ1n) is 6.51. The second-order valence-electron chi connectivity index (χ2n) is 5.74. The van der Waals surface area contributed by atoms with Gasteiger partial charge in [-0.25, -0.2) is 0 Å². The second kappa shape index (κ2) is 7.22. The fourth-order valence-electron chi connectivity index (χ4n) is 2.67. The van der Waals surface area contributed by atoms with Crippen LogP contribution in [-0.2, 0) is 4.79 Å². The lowest BCUT2D eigenvalue weighted by Gasteiger charge is -2.27. The Bertz CT molecular complexity index is 244. The summed E-state index contributed by atoms with van der Waals surface area (Å²) in [6, 6.07) is 0.236. The molecule has 3 N–H and O–H groups in total. The number of carbonyl (C=O) groups excluding carboxylic acids is 1. The van der Waals surface area contributed by atoms with Crippen LogP contribution in [0.5, 0.6) is 0 Å². The molecule has 1 aliphatic rings. The average molecular weight is 263 g/mol. The molecule has 1 rings (SSSR count). The monoisotopic (exact) mass is 262 g/mol. The first-order chi connectivity index (χ1) is 7.44. The SMILES string of the molecule is CCCC(C)(C)NC(=O)C[C@@H]1CCC[C@H]1N.Cl. The third-order valence-corrected chi connectivity index (χ3v) is 3.52. The Morgan fingerprint density at radius 3 is 2.53 bits per heavy atom. The topological polar surface area (TPSA) is 55.1 Å². The van der Waals surface area contributed by atoms with Crippen LogP contribution < -0.4 is 11.1 Å². The quantitative estimate of drug-likeness (QED) is 0.800. The lowest BCUT2D eigenvalue weighted by Crippen LogP contribution is -2.44. The van der Waals surface area contributed by atoms with Crippen molar-refractivity contribution in [2.24, 2.45) is 11.7 Å². The van der Waals surface area contributed by atoms with Crippen LogP contribution in [0.25, 0.3) is 0 Å². The average Bonchev–Trinajstić information content (AvgIpc) is 2.50. The van der Waals surface area contributed by atoms with Gasteiger partial charge in [-0.1, -0.05) is 19.8 Å². The van der Waals surface area contributed by atoms with Crippen LogP contribution in [0.2, 0.25) is 0 Å². The predicted octanol–water partition coefficient (Wildman–Crippen LogP) is 2.62. The summed E-state index contributed by atoms with van der Waals surface area (Å²) in [6.07, 6.45) is 6.09. The van der Waals surface area contributed by atoms with Crippen LogP contribution in [0.3, 0.4) is 0 Å². The van der Waals surface area contributed by atoms with Gasteiger partial charge < -0.3 is 11.1 Å². The second-order valence-corrected chi connectivity index (χ2v) is 5.74. The van der Waals surface area contributed by atoms with Crippen molar-refractivity contribution in [2.75, 3.05) is 0 Å². The number of rotatable bonds is 5. The third kappa shape index (κ3) is 5.73. The zero-order chi connectivity index (χ0) is 12.2. The summed E-state index contributed by atoms with van der Waals surface area (Å²) in [5.41, 5.74) is 5.89. The smallest absolute Gasteiger partial charge is 0.220 e. The van der Waals surface area contributed by atoms with E-state index in [-0.39, 0.29) is 29.9 Å². The first kappa shape index (κ1) is 16.7. The molecule has 3 nitrogen and oxygen atoms in total. The number of hydrogen-bond donors (Lipinski definition) is 2. The fraction of sp³-hybridized carbons (Fsp3) is 0.923. The molecule has 1 saturated carbocycles. The van der Waals surface area contributed by atoms with E-state index < -0.39 is 0 Å². The molecule has 0 radical (unpaired) electrons. The molecule has 0 heterocycles. The van der Waals surface area contributed by atoms with Gasteiger partial charge in [-0.15, -0.1) is 12.4 Å². The predicted molar refractivity (Wildman–Crippen MR) is 74.3 cm³/mol. The molecule has 0 aromatic carbocycles. The minimum atomic E-state index is -0.0749. The van der Waals surface area contributed by atoms with Crippen molar-refractivity contribution in [2.45, 2.75) is 70.9 Å². The molecule has 0 aromatic rings. The molecule has 2 atom stereocenters. The summed E-state index contributed by atoms with van der Waals surface area (Å²) in [7, 11) is 0. The molecule has 0 bridgehead atoms. The molecule has 0 unspecified atom stereocenters. The van der Waals surface area contributed by atoms with Crippen LogP contribution >= 0.6 is 12.4 Å². The van der Waals surface area contributed by atoms with E-state index >= 15 is 0 Å². The Hall–Kier alpha value is -0.280. The molecular weight excluding hydrogens is 236 g/mol. The van der Waals surface area contributed by atoms with E-state index in [1.807, 2.05) is 0 Å². The molecule has 1 fully saturated rings. The van der Waals surface area contributed by atoms with Gasteiger partial charge in [0, 0.05) is 18.0 Å². The summed E-state index contributed by atoms with van der Waals surface area (Å²) in [6.45, 7) is 6.31. The lowest BCUT2D eigenvalue weighted by atomic mass is 9.96. The number of amides is 1. The highest BCUT2D eigenvalue weighted by atomic mass is 35.5. The Balaban J connectivity index is 0.00000256. The summed E-state index contributed by atoms with van der Waals surface area (Å²) in [5, 5.41) is 3.11.